The smallest absolute Gasteiger partial charge is 0.251 e. The fourth-order valence-corrected chi connectivity index (χ4v) is 2.98. The predicted molar refractivity (Wildman–Crippen MR) is 81.0 cm³/mol. The Labute approximate surface area is 111 Å². The van der Waals surface area contributed by atoms with Gasteiger partial charge in [0.15, 0.2) is 0 Å². The topological polar surface area (TPSA) is 9.23 Å². The molecule has 0 heterocycles. The Kier molecular flexibility index (Phi) is 4.50. The largest absolute Gasteiger partial charge is 0.539 e. The fourth-order valence-electron chi connectivity index (χ4n) is 1.24. The first-order chi connectivity index (χ1) is 7.72. The standard InChI is InChI=1S/C14H22OSSi/c1-14(2,3)17(4,5)15-13(16)11-12-9-7-6-8-10-12/h6-10H,11H2,1-5H3. The van der Waals surface area contributed by atoms with Gasteiger partial charge < -0.3 is 4.43 Å². The van der Waals surface area contributed by atoms with Crippen LogP contribution in [-0.4, -0.2) is 13.4 Å². The van der Waals surface area contributed by atoms with Gasteiger partial charge in [0.1, 0.15) is 5.05 Å². The van der Waals surface area contributed by atoms with Crippen molar-refractivity contribution < 1.29 is 4.43 Å². The van der Waals surface area contributed by atoms with E-state index in [1.165, 1.54) is 5.56 Å². The van der Waals surface area contributed by atoms with Gasteiger partial charge in [-0.2, -0.15) is 0 Å². The van der Waals surface area contributed by atoms with E-state index in [0.717, 1.165) is 11.5 Å². The second-order valence-corrected chi connectivity index (χ2v) is 11.1. The molecule has 17 heavy (non-hydrogen) atoms. The number of thiocarbonyl (C=S) groups is 1. The van der Waals surface area contributed by atoms with E-state index in [4.69, 9.17) is 16.6 Å². The molecule has 0 aliphatic rings. The maximum Gasteiger partial charge on any atom is 0.251 e. The molecule has 0 saturated heterocycles. The monoisotopic (exact) mass is 266 g/mol. The molecule has 0 radical (unpaired) electrons. The van der Waals surface area contributed by atoms with Crippen LogP contribution in [0.4, 0.5) is 0 Å². The summed E-state index contributed by atoms with van der Waals surface area (Å²) in [5.74, 6) is 0. The van der Waals surface area contributed by atoms with E-state index in [-0.39, 0.29) is 5.04 Å². The van der Waals surface area contributed by atoms with Gasteiger partial charge in [0.25, 0.3) is 8.32 Å². The van der Waals surface area contributed by atoms with Crippen molar-refractivity contribution in [1.82, 2.24) is 0 Å². The average Bonchev–Trinajstić information content (AvgIpc) is 2.16. The third kappa shape index (κ3) is 4.24. The molecule has 1 aromatic carbocycles. The van der Waals surface area contributed by atoms with E-state index in [2.05, 4.69) is 46.0 Å². The highest BCUT2D eigenvalue weighted by molar-refractivity contribution is 7.80. The van der Waals surface area contributed by atoms with Crippen molar-refractivity contribution in [1.29, 1.82) is 0 Å². The van der Waals surface area contributed by atoms with Crippen LogP contribution in [0.25, 0.3) is 0 Å². The lowest BCUT2D eigenvalue weighted by Gasteiger charge is -2.36. The Hall–Kier alpha value is -0.673. The Morgan fingerprint density at radius 2 is 1.71 bits per heavy atom. The normalized spacial score (nSPS) is 12.3. The molecule has 0 aromatic heterocycles. The molecule has 0 spiro atoms. The number of benzene rings is 1. The van der Waals surface area contributed by atoms with Crippen LogP contribution >= 0.6 is 12.2 Å². The maximum absolute atomic E-state index is 6.08. The second kappa shape index (κ2) is 5.32. The molecule has 1 rings (SSSR count). The third-order valence-electron chi connectivity index (χ3n) is 3.37. The predicted octanol–water partition coefficient (Wildman–Crippen LogP) is 4.58. The zero-order valence-corrected chi connectivity index (χ0v) is 13.2. The van der Waals surface area contributed by atoms with Gasteiger partial charge in [0.2, 0.25) is 0 Å². The summed E-state index contributed by atoms with van der Waals surface area (Å²) in [5, 5.41) is 0.927. The van der Waals surface area contributed by atoms with Gasteiger partial charge in [-0.3, -0.25) is 0 Å². The van der Waals surface area contributed by atoms with E-state index in [9.17, 15) is 0 Å². The summed E-state index contributed by atoms with van der Waals surface area (Å²) >= 11 is 5.37. The quantitative estimate of drug-likeness (QED) is 0.585. The summed E-state index contributed by atoms with van der Waals surface area (Å²) in [6.45, 7) is 11.1. The summed E-state index contributed by atoms with van der Waals surface area (Å²) in [7, 11) is -1.76. The van der Waals surface area contributed by atoms with Gasteiger partial charge in [-0.1, -0.05) is 51.1 Å². The number of rotatable bonds is 3. The zero-order valence-electron chi connectivity index (χ0n) is 11.4. The Balaban J connectivity index is 2.62. The molecule has 0 atom stereocenters. The molecule has 0 unspecified atom stereocenters. The van der Waals surface area contributed by atoms with Crippen molar-refractivity contribution in [2.24, 2.45) is 0 Å². The average molecular weight is 266 g/mol. The molecule has 0 fully saturated rings. The first-order valence-electron chi connectivity index (χ1n) is 5.98. The number of hydrogen-bond acceptors (Lipinski definition) is 2. The highest BCUT2D eigenvalue weighted by Gasteiger charge is 2.39. The summed E-state index contributed by atoms with van der Waals surface area (Å²) in [6.07, 6.45) is 0.739. The Bertz CT molecular complexity index is 379. The van der Waals surface area contributed by atoms with Gasteiger partial charge in [0.05, 0.1) is 0 Å². The van der Waals surface area contributed by atoms with Crippen molar-refractivity contribution in [2.75, 3.05) is 0 Å². The SMILES string of the molecule is CC(C)(C)[Si](C)(C)OC(=S)Cc1ccccc1. The summed E-state index contributed by atoms with van der Waals surface area (Å²) < 4.78 is 6.08. The van der Waals surface area contributed by atoms with Crippen molar-refractivity contribution in [3.8, 4) is 0 Å². The molecule has 0 aliphatic heterocycles. The van der Waals surface area contributed by atoms with E-state index >= 15 is 0 Å². The molecular formula is C14H22OSSi. The Morgan fingerprint density at radius 1 is 1.18 bits per heavy atom. The van der Waals surface area contributed by atoms with Gasteiger partial charge in [-0.15, -0.1) is 0 Å². The van der Waals surface area contributed by atoms with E-state index in [0.29, 0.717) is 0 Å². The number of hydrogen-bond donors (Lipinski definition) is 0. The minimum absolute atomic E-state index is 0.202. The molecular weight excluding hydrogens is 244 g/mol. The lowest BCUT2D eigenvalue weighted by molar-refractivity contribution is 0.488. The van der Waals surface area contributed by atoms with E-state index in [1.807, 2.05) is 18.2 Å². The third-order valence-corrected chi connectivity index (χ3v) is 8.11. The van der Waals surface area contributed by atoms with Crippen molar-refractivity contribution in [3.63, 3.8) is 0 Å². The van der Waals surface area contributed by atoms with Gasteiger partial charge >= 0.3 is 0 Å². The first kappa shape index (κ1) is 14.4. The van der Waals surface area contributed by atoms with Gasteiger partial charge in [0, 0.05) is 6.42 Å². The van der Waals surface area contributed by atoms with Crippen LogP contribution < -0.4 is 0 Å². The second-order valence-electron chi connectivity index (χ2n) is 5.90. The van der Waals surface area contributed by atoms with Crippen molar-refractivity contribution in [3.05, 3.63) is 35.9 Å². The highest BCUT2D eigenvalue weighted by atomic mass is 32.1. The van der Waals surface area contributed by atoms with Crippen LogP contribution in [0.1, 0.15) is 26.3 Å². The summed E-state index contributed by atoms with van der Waals surface area (Å²) in [6, 6.07) is 10.2. The molecule has 0 N–H and O–H groups in total. The first-order valence-corrected chi connectivity index (χ1v) is 9.30. The van der Waals surface area contributed by atoms with Gasteiger partial charge in [-0.05, 0) is 35.9 Å². The van der Waals surface area contributed by atoms with Crippen molar-refractivity contribution >= 4 is 25.6 Å². The molecule has 3 heteroatoms. The van der Waals surface area contributed by atoms with E-state index < -0.39 is 8.32 Å². The van der Waals surface area contributed by atoms with Crippen molar-refractivity contribution in [2.45, 2.75) is 45.3 Å². The molecule has 1 nitrogen and oxygen atoms in total. The minimum Gasteiger partial charge on any atom is -0.539 e. The maximum atomic E-state index is 6.08. The zero-order chi connectivity index (χ0) is 13.1. The molecule has 0 saturated carbocycles. The molecule has 1 aromatic rings. The summed E-state index contributed by atoms with van der Waals surface area (Å²) in [4.78, 5) is 0. The van der Waals surface area contributed by atoms with Crippen LogP contribution in [-0.2, 0) is 10.8 Å². The fraction of sp³-hybridized carbons (Fsp3) is 0.500. The van der Waals surface area contributed by atoms with Crippen LogP contribution in [0.15, 0.2) is 30.3 Å². The molecule has 94 valence electrons. The molecule has 0 amide bonds. The van der Waals surface area contributed by atoms with Crippen LogP contribution in [0.3, 0.4) is 0 Å². The summed E-state index contributed by atoms with van der Waals surface area (Å²) in [5.41, 5.74) is 1.22. The highest BCUT2D eigenvalue weighted by Crippen LogP contribution is 2.36. The van der Waals surface area contributed by atoms with Crippen LogP contribution in [0, 0.1) is 0 Å². The minimum atomic E-state index is -1.76. The van der Waals surface area contributed by atoms with Gasteiger partial charge in [-0.25, -0.2) is 0 Å². The molecule has 0 bridgehead atoms. The van der Waals surface area contributed by atoms with Crippen LogP contribution in [0.2, 0.25) is 18.1 Å². The lowest BCUT2D eigenvalue weighted by atomic mass is 10.2. The van der Waals surface area contributed by atoms with Crippen LogP contribution in [0.5, 0.6) is 0 Å². The molecule has 0 aliphatic carbocycles. The van der Waals surface area contributed by atoms with E-state index in [1.54, 1.807) is 0 Å². The lowest BCUT2D eigenvalue weighted by Crippen LogP contribution is -2.42. The Morgan fingerprint density at radius 3 is 2.18 bits per heavy atom.